The number of carbonyl (C=O) groups is 1. The van der Waals surface area contributed by atoms with Gasteiger partial charge in [0.25, 0.3) is 0 Å². The number of amides is 2. The van der Waals surface area contributed by atoms with E-state index in [-0.39, 0.29) is 18.7 Å². The lowest BCUT2D eigenvalue weighted by molar-refractivity contribution is 0.229. The van der Waals surface area contributed by atoms with Crippen LogP contribution in [-0.4, -0.2) is 28.8 Å². The number of aliphatic hydroxyl groups excluding tert-OH is 1. The van der Waals surface area contributed by atoms with Crippen LogP contribution in [0.15, 0.2) is 28.9 Å². The van der Waals surface area contributed by atoms with Crippen molar-refractivity contribution in [1.82, 2.24) is 10.3 Å². The molecule has 0 aliphatic rings. The maximum absolute atomic E-state index is 11.7. The fraction of sp³-hybridized carbons (Fsp3) is 0.333. The molecule has 2 amide bonds. The van der Waals surface area contributed by atoms with Gasteiger partial charge in [0.15, 0.2) is 0 Å². The van der Waals surface area contributed by atoms with Crippen LogP contribution < -0.4 is 10.6 Å². The van der Waals surface area contributed by atoms with Gasteiger partial charge in [0.2, 0.25) is 5.89 Å². The van der Waals surface area contributed by atoms with Crippen LogP contribution in [0.3, 0.4) is 0 Å². The summed E-state index contributed by atoms with van der Waals surface area (Å²) in [6.45, 7) is 5.42. The Labute approximate surface area is 123 Å². The molecule has 0 radical (unpaired) electrons. The van der Waals surface area contributed by atoms with Crippen LogP contribution in [-0.2, 0) is 0 Å². The predicted molar refractivity (Wildman–Crippen MR) is 80.1 cm³/mol. The van der Waals surface area contributed by atoms with E-state index in [0.717, 1.165) is 16.8 Å². The molecule has 3 N–H and O–H groups in total. The first-order valence-electron chi connectivity index (χ1n) is 6.71. The zero-order valence-electron chi connectivity index (χ0n) is 12.3. The molecule has 112 valence electrons. The minimum Gasteiger partial charge on any atom is -0.444 e. The molecule has 1 atom stereocenters. The lowest BCUT2D eigenvalue weighted by atomic mass is 10.1. The third-order valence-electron chi connectivity index (χ3n) is 3.00. The molecule has 6 nitrogen and oxygen atoms in total. The molecule has 1 unspecified atom stereocenters. The van der Waals surface area contributed by atoms with Crippen molar-refractivity contribution in [3.63, 3.8) is 0 Å². The maximum atomic E-state index is 11.7. The molecule has 21 heavy (non-hydrogen) atoms. The number of anilines is 1. The highest BCUT2D eigenvalue weighted by Crippen LogP contribution is 2.26. The molecule has 2 aromatic rings. The van der Waals surface area contributed by atoms with Crippen molar-refractivity contribution in [3.8, 4) is 11.5 Å². The van der Waals surface area contributed by atoms with E-state index >= 15 is 0 Å². The van der Waals surface area contributed by atoms with Crippen molar-refractivity contribution in [2.45, 2.75) is 26.8 Å². The number of oxazole rings is 1. The molecule has 0 aliphatic carbocycles. The number of urea groups is 1. The molecular formula is C15H19N3O3. The van der Waals surface area contributed by atoms with Crippen LogP contribution in [0.5, 0.6) is 0 Å². The summed E-state index contributed by atoms with van der Waals surface area (Å²) >= 11 is 0. The number of hydrogen-bond donors (Lipinski definition) is 3. The van der Waals surface area contributed by atoms with Gasteiger partial charge in [-0.25, -0.2) is 9.78 Å². The molecule has 6 heteroatoms. The van der Waals surface area contributed by atoms with Gasteiger partial charge in [-0.2, -0.15) is 0 Å². The monoisotopic (exact) mass is 289 g/mol. The number of carbonyl (C=O) groups excluding carboxylic acids is 1. The van der Waals surface area contributed by atoms with Gasteiger partial charge in [-0.1, -0.05) is 6.07 Å². The van der Waals surface area contributed by atoms with Crippen LogP contribution in [0.1, 0.15) is 18.2 Å². The molecule has 0 fully saturated rings. The predicted octanol–water partition coefficient (Wildman–Crippen LogP) is 2.46. The van der Waals surface area contributed by atoms with Crippen LogP contribution in [0, 0.1) is 13.8 Å². The summed E-state index contributed by atoms with van der Waals surface area (Å²) in [6.07, 6.45) is 1.59. The molecule has 0 spiro atoms. The fourth-order valence-electron chi connectivity index (χ4n) is 1.84. The summed E-state index contributed by atoms with van der Waals surface area (Å²) in [4.78, 5) is 16.0. The highest BCUT2D eigenvalue weighted by atomic mass is 16.3. The van der Waals surface area contributed by atoms with Gasteiger partial charge in [-0.05, 0) is 38.5 Å². The Morgan fingerprint density at radius 3 is 2.81 bits per heavy atom. The molecule has 2 rings (SSSR count). The molecule has 0 aliphatic heterocycles. The number of aromatic nitrogens is 1. The summed E-state index contributed by atoms with van der Waals surface area (Å²) in [5.74, 6) is 0.526. The van der Waals surface area contributed by atoms with Crippen LogP contribution >= 0.6 is 0 Å². The maximum Gasteiger partial charge on any atom is 0.319 e. The van der Waals surface area contributed by atoms with E-state index in [0.29, 0.717) is 11.6 Å². The third kappa shape index (κ3) is 3.82. The number of aryl methyl sites for hydroxylation is 2. The Morgan fingerprint density at radius 2 is 2.19 bits per heavy atom. The topological polar surface area (TPSA) is 87.4 Å². The van der Waals surface area contributed by atoms with Gasteiger partial charge in [-0.3, -0.25) is 0 Å². The first-order valence-corrected chi connectivity index (χ1v) is 6.71. The van der Waals surface area contributed by atoms with Gasteiger partial charge < -0.3 is 20.2 Å². The minimum atomic E-state index is -0.366. The smallest absolute Gasteiger partial charge is 0.319 e. The second-order valence-electron chi connectivity index (χ2n) is 5.01. The van der Waals surface area contributed by atoms with Crippen molar-refractivity contribution < 1.29 is 14.3 Å². The van der Waals surface area contributed by atoms with Crippen molar-refractivity contribution in [2.24, 2.45) is 0 Å². The Morgan fingerprint density at radius 1 is 1.43 bits per heavy atom. The number of rotatable bonds is 4. The molecule has 1 aromatic carbocycles. The SMILES string of the molecule is Cc1coc(-c2cc(NC(=O)NC(C)CO)ccc2C)n1. The van der Waals surface area contributed by atoms with Gasteiger partial charge >= 0.3 is 6.03 Å². The second-order valence-corrected chi connectivity index (χ2v) is 5.01. The largest absolute Gasteiger partial charge is 0.444 e. The van der Waals surface area contributed by atoms with Crippen LogP contribution in [0.2, 0.25) is 0 Å². The average molecular weight is 289 g/mol. The summed E-state index contributed by atoms with van der Waals surface area (Å²) in [5, 5.41) is 14.3. The summed E-state index contributed by atoms with van der Waals surface area (Å²) < 4.78 is 5.40. The first-order chi connectivity index (χ1) is 9.99. The van der Waals surface area contributed by atoms with Crippen LogP contribution in [0.4, 0.5) is 10.5 Å². The van der Waals surface area contributed by atoms with Crippen molar-refractivity contribution in [3.05, 3.63) is 35.7 Å². The van der Waals surface area contributed by atoms with E-state index in [1.807, 2.05) is 26.0 Å². The molecule has 1 aromatic heterocycles. The van der Waals surface area contributed by atoms with Crippen molar-refractivity contribution in [1.29, 1.82) is 0 Å². The minimum absolute atomic E-state index is 0.109. The molecular weight excluding hydrogens is 270 g/mol. The lowest BCUT2D eigenvalue weighted by Gasteiger charge is -2.13. The van der Waals surface area contributed by atoms with Gasteiger partial charge in [-0.15, -0.1) is 0 Å². The second kappa shape index (κ2) is 6.41. The summed E-state index contributed by atoms with van der Waals surface area (Å²) in [5.41, 5.74) is 3.27. The normalized spacial score (nSPS) is 12.0. The standard InChI is InChI=1S/C15H19N3O3/c1-9-4-5-12(18-15(20)17-10(2)7-19)6-13(9)14-16-11(3)8-21-14/h4-6,8,10,19H,7H2,1-3H3,(H2,17,18,20). The Balaban J connectivity index is 2.17. The Bertz CT molecular complexity index is 637. The third-order valence-corrected chi connectivity index (χ3v) is 3.00. The zero-order valence-corrected chi connectivity index (χ0v) is 12.3. The van der Waals surface area contributed by atoms with E-state index in [1.54, 1.807) is 19.3 Å². The average Bonchev–Trinajstić information content (AvgIpc) is 2.87. The van der Waals surface area contributed by atoms with Crippen molar-refractivity contribution >= 4 is 11.7 Å². The summed E-state index contributed by atoms with van der Waals surface area (Å²) in [7, 11) is 0. The van der Waals surface area contributed by atoms with Gasteiger partial charge in [0, 0.05) is 11.3 Å². The lowest BCUT2D eigenvalue weighted by Crippen LogP contribution is -2.38. The number of hydrogen-bond acceptors (Lipinski definition) is 4. The molecule has 0 saturated heterocycles. The van der Waals surface area contributed by atoms with E-state index in [9.17, 15) is 4.79 Å². The number of nitrogens with one attached hydrogen (secondary N) is 2. The van der Waals surface area contributed by atoms with Gasteiger partial charge in [0.1, 0.15) is 6.26 Å². The molecule has 1 heterocycles. The van der Waals surface area contributed by atoms with Crippen molar-refractivity contribution in [2.75, 3.05) is 11.9 Å². The van der Waals surface area contributed by atoms with Gasteiger partial charge in [0.05, 0.1) is 18.3 Å². The van der Waals surface area contributed by atoms with Crippen LogP contribution in [0.25, 0.3) is 11.5 Å². The Kier molecular flexibility index (Phi) is 4.59. The molecule has 0 bridgehead atoms. The highest BCUT2D eigenvalue weighted by Gasteiger charge is 2.11. The fourth-order valence-corrected chi connectivity index (χ4v) is 1.84. The number of benzene rings is 1. The number of nitrogens with zero attached hydrogens (tertiary/aromatic N) is 1. The Hall–Kier alpha value is -2.34. The number of aliphatic hydroxyl groups is 1. The highest BCUT2D eigenvalue weighted by molar-refractivity contribution is 5.90. The molecule has 0 saturated carbocycles. The van der Waals surface area contributed by atoms with E-state index in [1.165, 1.54) is 0 Å². The quantitative estimate of drug-likeness (QED) is 0.807. The summed E-state index contributed by atoms with van der Waals surface area (Å²) in [6, 6.07) is 4.83. The van der Waals surface area contributed by atoms with E-state index in [4.69, 9.17) is 9.52 Å². The first kappa shape index (κ1) is 15.1. The van der Waals surface area contributed by atoms with E-state index in [2.05, 4.69) is 15.6 Å². The van der Waals surface area contributed by atoms with E-state index < -0.39 is 0 Å². The zero-order chi connectivity index (χ0) is 15.4.